The number of nitrogens with zero attached hydrogens (tertiary/aromatic N) is 3. The number of aromatic nitrogens is 1. The fourth-order valence-electron chi connectivity index (χ4n) is 3.83. The Labute approximate surface area is 202 Å². The van der Waals surface area contributed by atoms with Gasteiger partial charge in [-0.05, 0) is 50.7 Å². The summed E-state index contributed by atoms with van der Waals surface area (Å²) in [4.78, 5) is 13.0. The van der Waals surface area contributed by atoms with Crippen molar-refractivity contribution in [3.05, 3.63) is 40.2 Å². The van der Waals surface area contributed by atoms with Crippen LogP contribution in [0.15, 0.2) is 33.1 Å². The van der Waals surface area contributed by atoms with Gasteiger partial charge in [-0.3, -0.25) is 4.90 Å². The molecule has 168 valence electrons. The molecule has 1 saturated heterocycles. The summed E-state index contributed by atoms with van der Waals surface area (Å²) >= 11 is 1.86. The highest BCUT2D eigenvalue weighted by molar-refractivity contribution is 14.0. The average Bonchev–Trinajstić information content (AvgIpc) is 3.35. The quantitative estimate of drug-likeness (QED) is 0.311. The number of likely N-dealkylation sites (tertiary alicyclic amines) is 1. The van der Waals surface area contributed by atoms with E-state index in [1.807, 2.05) is 17.5 Å². The van der Waals surface area contributed by atoms with Crippen LogP contribution in [0.5, 0.6) is 0 Å². The molecule has 0 radical (unpaired) electrons. The minimum Gasteiger partial charge on any atom is -0.443 e. The molecule has 1 aliphatic rings. The van der Waals surface area contributed by atoms with E-state index in [2.05, 4.69) is 72.8 Å². The number of hydrogen-bond donors (Lipinski definition) is 2. The predicted octanol–water partition coefficient (Wildman–Crippen LogP) is 4.79. The highest BCUT2D eigenvalue weighted by Gasteiger charge is 2.31. The summed E-state index contributed by atoms with van der Waals surface area (Å²) < 4.78 is 5.87. The number of guanidine groups is 1. The van der Waals surface area contributed by atoms with Crippen LogP contribution in [0.25, 0.3) is 0 Å². The maximum atomic E-state index is 5.87. The molecule has 0 saturated carbocycles. The minimum absolute atomic E-state index is 0. The Morgan fingerprint density at radius 2 is 2.17 bits per heavy atom. The lowest BCUT2D eigenvalue weighted by Crippen LogP contribution is -2.44. The molecule has 8 heteroatoms. The zero-order valence-corrected chi connectivity index (χ0v) is 21.9. The molecule has 3 rings (SSSR count). The summed E-state index contributed by atoms with van der Waals surface area (Å²) in [5, 5.41) is 9.08. The van der Waals surface area contributed by atoms with Crippen LogP contribution in [0.4, 0.5) is 0 Å². The number of aliphatic imine (C=N–C) groups is 1. The van der Waals surface area contributed by atoms with Gasteiger partial charge in [0.05, 0.1) is 6.20 Å². The van der Waals surface area contributed by atoms with Crippen LogP contribution in [0.1, 0.15) is 63.1 Å². The van der Waals surface area contributed by atoms with Crippen LogP contribution in [0, 0.1) is 5.92 Å². The van der Waals surface area contributed by atoms with E-state index >= 15 is 0 Å². The molecule has 0 bridgehead atoms. The van der Waals surface area contributed by atoms with Gasteiger partial charge in [0.1, 0.15) is 12.3 Å². The third-order valence-corrected chi connectivity index (χ3v) is 6.33. The summed E-state index contributed by atoms with van der Waals surface area (Å²) in [6.07, 6.45) is 4.28. The molecule has 2 atom stereocenters. The zero-order chi connectivity index (χ0) is 20.9. The van der Waals surface area contributed by atoms with Crippen molar-refractivity contribution in [3.63, 3.8) is 0 Å². The summed E-state index contributed by atoms with van der Waals surface area (Å²) in [7, 11) is 2.24. The van der Waals surface area contributed by atoms with E-state index in [9.17, 15) is 0 Å². The molecule has 0 aromatic carbocycles. The number of halogens is 1. The first-order valence-corrected chi connectivity index (χ1v) is 11.5. The molecule has 0 aliphatic carbocycles. The predicted molar refractivity (Wildman–Crippen MR) is 136 cm³/mol. The van der Waals surface area contributed by atoms with Crippen LogP contribution < -0.4 is 10.6 Å². The standard InChI is InChI=1S/C22H35N5OS.HI/c1-6-23-21(26-15-19-24-14-18(28-19)22(2,3)4)25-13-16-9-7-11-27(5)20(16)17-10-8-12-29-17;/h8,10,12,14,16,20H,6-7,9,11,13,15H2,1-5H3,(H2,23,25,26);1H. The van der Waals surface area contributed by atoms with E-state index in [0.29, 0.717) is 24.4 Å². The maximum Gasteiger partial charge on any atom is 0.216 e. The molecule has 3 heterocycles. The fraction of sp³-hybridized carbons (Fsp3) is 0.636. The first-order valence-electron chi connectivity index (χ1n) is 10.6. The second kappa shape index (κ2) is 11.5. The summed E-state index contributed by atoms with van der Waals surface area (Å²) in [6.45, 7) is 11.8. The number of hydrogen-bond acceptors (Lipinski definition) is 5. The second-order valence-corrected chi connectivity index (χ2v) is 9.77. The monoisotopic (exact) mass is 545 g/mol. The topological polar surface area (TPSA) is 65.7 Å². The van der Waals surface area contributed by atoms with E-state index < -0.39 is 0 Å². The maximum absolute atomic E-state index is 5.87. The van der Waals surface area contributed by atoms with Gasteiger partial charge in [-0.1, -0.05) is 26.8 Å². The van der Waals surface area contributed by atoms with Gasteiger partial charge in [0, 0.05) is 29.4 Å². The van der Waals surface area contributed by atoms with Crippen LogP contribution in [-0.4, -0.2) is 42.5 Å². The summed E-state index contributed by atoms with van der Waals surface area (Å²) in [5.74, 6) is 2.93. The van der Waals surface area contributed by atoms with Crippen molar-refractivity contribution >= 4 is 41.3 Å². The van der Waals surface area contributed by atoms with Gasteiger partial charge in [0.15, 0.2) is 5.96 Å². The Morgan fingerprint density at radius 3 is 2.80 bits per heavy atom. The summed E-state index contributed by atoms with van der Waals surface area (Å²) in [5.41, 5.74) is -0.0402. The smallest absolute Gasteiger partial charge is 0.216 e. The highest BCUT2D eigenvalue weighted by Crippen LogP contribution is 2.36. The average molecular weight is 546 g/mol. The normalized spacial score (nSPS) is 20.6. The molecule has 2 aromatic heterocycles. The summed E-state index contributed by atoms with van der Waals surface area (Å²) in [6, 6.07) is 4.89. The third-order valence-electron chi connectivity index (χ3n) is 5.38. The zero-order valence-electron chi connectivity index (χ0n) is 18.8. The van der Waals surface area contributed by atoms with E-state index in [-0.39, 0.29) is 29.4 Å². The minimum atomic E-state index is -0.0402. The molecule has 2 aromatic rings. The highest BCUT2D eigenvalue weighted by atomic mass is 127. The molecular formula is C22H36IN5OS. The number of piperidine rings is 1. The number of thiophene rings is 1. The van der Waals surface area contributed by atoms with Gasteiger partial charge < -0.3 is 15.1 Å². The van der Waals surface area contributed by atoms with Crippen LogP contribution in [0.2, 0.25) is 0 Å². The lowest BCUT2D eigenvalue weighted by molar-refractivity contribution is 0.125. The van der Waals surface area contributed by atoms with E-state index in [4.69, 9.17) is 9.41 Å². The van der Waals surface area contributed by atoms with Crippen molar-refractivity contribution in [1.82, 2.24) is 20.5 Å². The Hall–Kier alpha value is -1.13. The van der Waals surface area contributed by atoms with Crippen molar-refractivity contribution in [2.24, 2.45) is 10.9 Å². The van der Waals surface area contributed by atoms with E-state index in [1.54, 1.807) is 0 Å². The fourth-order valence-corrected chi connectivity index (χ4v) is 4.81. The molecule has 30 heavy (non-hydrogen) atoms. The van der Waals surface area contributed by atoms with Crippen LogP contribution in [0.3, 0.4) is 0 Å². The van der Waals surface area contributed by atoms with Crippen molar-refractivity contribution in [2.75, 3.05) is 26.7 Å². The van der Waals surface area contributed by atoms with Gasteiger partial charge in [-0.25, -0.2) is 9.98 Å². The first-order chi connectivity index (χ1) is 13.9. The number of nitrogens with one attached hydrogen (secondary N) is 2. The van der Waals surface area contributed by atoms with Crippen molar-refractivity contribution in [1.29, 1.82) is 0 Å². The van der Waals surface area contributed by atoms with E-state index in [0.717, 1.165) is 31.4 Å². The molecule has 2 unspecified atom stereocenters. The largest absolute Gasteiger partial charge is 0.443 e. The van der Waals surface area contributed by atoms with Crippen LogP contribution >= 0.6 is 35.3 Å². The molecule has 0 spiro atoms. The Morgan fingerprint density at radius 1 is 1.37 bits per heavy atom. The molecular weight excluding hydrogens is 509 g/mol. The first kappa shape index (κ1) is 25.1. The second-order valence-electron chi connectivity index (χ2n) is 8.79. The molecule has 2 N–H and O–H groups in total. The van der Waals surface area contributed by atoms with Crippen molar-refractivity contribution in [3.8, 4) is 0 Å². The van der Waals surface area contributed by atoms with E-state index in [1.165, 1.54) is 17.7 Å². The molecule has 1 fully saturated rings. The number of rotatable bonds is 6. The van der Waals surface area contributed by atoms with Crippen LogP contribution in [-0.2, 0) is 12.0 Å². The Bertz CT molecular complexity index is 784. The van der Waals surface area contributed by atoms with Gasteiger partial charge in [0.25, 0.3) is 0 Å². The lowest BCUT2D eigenvalue weighted by Gasteiger charge is -2.39. The van der Waals surface area contributed by atoms with Gasteiger partial charge >= 0.3 is 0 Å². The Kier molecular flexibility index (Phi) is 9.62. The number of oxazole rings is 1. The van der Waals surface area contributed by atoms with Gasteiger partial charge in [0.2, 0.25) is 5.89 Å². The third kappa shape index (κ3) is 6.68. The van der Waals surface area contributed by atoms with Crippen molar-refractivity contribution in [2.45, 2.75) is 58.5 Å². The van der Waals surface area contributed by atoms with Gasteiger partial charge in [-0.15, -0.1) is 35.3 Å². The lowest BCUT2D eigenvalue weighted by atomic mass is 9.88. The van der Waals surface area contributed by atoms with Crippen molar-refractivity contribution < 1.29 is 4.42 Å². The SMILES string of the molecule is CCNC(=NCc1ncc(C(C)(C)C)o1)NCC1CCCN(C)C1c1cccs1.I. The Balaban J connectivity index is 0.00000320. The molecule has 0 amide bonds. The molecule has 6 nitrogen and oxygen atoms in total. The van der Waals surface area contributed by atoms with Gasteiger partial charge in [-0.2, -0.15) is 0 Å². The molecule has 1 aliphatic heterocycles.